The molecule has 5 nitrogen and oxygen atoms in total. The van der Waals surface area contributed by atoms with E-state index < -0.39 is 5.97 Å². The van der Waals surface area contributed by atoms with Crippen molar-refractivity contribution in [3.8, 4) is 5.75 Å². The number of carbonyl (C=O) groups excluding carboxylic acids is 1. The van der Waals surface area contributed by atoms with Crippen LogP contribution in [0.3, 0.4) is 0 Å². The molecule has 136 valence electrons. The number of hydrogen-bond acceptors (Lipinski definition) is 5. The zero-order valence-corrected chi connectivity index (χ0v) is 14.7. The number of ether oxygens (including phenoxy) is 3. The lowest BCUT2D eigenvalue weighted by Crippen LogP contribution is -2.13. The fraction of sp³-hybridized carbons (Fsp3) is 0.632. The first-order valence-corrected chi connectivity index (χ1v) is 8.85. The zero-order chi connectivity index (χ0) is 17.5. The van der Waals surface area contributed by atoms with Gasteiger partial charge in [-0.3, -0.25) is 0 Å². The molecule has 1 aromatic carbocycles. The van der Waals surface area contributed by atoms with E-state index in [9.17, 15) is 4.79 Å². The van der Waals surface area contributed by atoms with E-state index >= 15 is 0 Å². The van der Waals surface area contributed by atoms with Gasteiger partial charge in [-0.15, -0.1) is 0 Å². The van der Waals surface area contributed by atoms with E-state index in [1.54, 1.807) is 0 Å². The molecule has 0 aliphatic heterocycles. The second kappa shape index (κ2) is 13.8. The van der Waals surface area contributed by atoms with Crippen LogP contribution in [0.2, 0.25) is 0 Å². The van der Waals surface area contributed by atoms with Gasteiger partial charge in [0.2, 0.25) is 0 Å². The third-order valence-corrected chi connectivity index (χ3v) is 3.58. The Balaban J connectivity index is 1.87. The highest BCUT2D eigenvalue weighted by molar-refractivity contribution is 5.89. The van der Waals surface area contributed by atoms with Crippen LogP contribution in [0, 0.1) is 0 Å². The Morgan fingerprint density at radius 1 is 0.833 bits per heavy atom. The number of hydrogen-bond donors (Lipinski definition) is 1. The number of rotatable bonds is 14. The lowest BCUT2D eigenvalue weighted by atomic mass is 10.1. The molecule has 0 atom stereocenters. The van der Waals surface area contributed by atoms with Crippen molar-refractivity contribution in [3.05, 3.63) is 29.8 Å². The molecule has 24 heavy (non-hydrogen) atoms. The predicted molar refractivity (Wildman–Crippen MR) is 93.4 cm³/mol. The summed E-state index contributed by atoms with van der Waals surface area (Å²) in [5.74, 6) is -0.297. The van der Waals surface area contributed by atoms with Gasteiger partial charge in [-0.25, -0.2) is 4.79 Å². The molecule has 0 aliphatic rings. The summed E-state index contributed by atoms with van der Waals surface area (Å²) in [6.45, 7) is 4.64. The maximum Gasteiger partial charge on any atom is 0.338 e. The summed E-state index contributed by atoms with van der Waals surface area (Å²) < 4.78 is 15.9. The maximum absolute atomic E-state index is 11.7. The second-order valence-electron chi connectivity index (χ2n) is 5.68. The Kier molecular flexibility index (Phi) is 11.8. The topological polar surface area (TPSA) is 65.0 Å². The molecule has 1 N–H and O–H groups in total. The van der Waals surface area contributed by atoms with Crippen molar-refractivity contribution in [1.29, 1.82) is 0 Å². The minimum Gasteiger partial charge on any atom is -0.508 e. The summed E-state index contributed by atoms with van der Waals surface area (Å²) in [5.41, 5.74) is 0.412. The van der Waals surface area contributed by atoms with Crippen LogP contribution < -0.4 is 0 Å². The van der Waals surface area contributed by atoms with Crippen LogP contribution in [0.1, 0.15) is 55.8 Å². The molecule has 0 heterocycles. The lowest BCUT2D eigenvalue weighted by molar-refractivity contribution is 0.0141. The first-order valence-electron chi connectivity index (χ1n) is 8.85. The summed E-state index contributed by atoms with van der Waals surface area (Å²) in [6, 6.07) is 5.95. The molecule has 0 aromatic heterocycles. The van der Waals surface area contributed by atoms with Crippen molar-refractivity contribution in [2.75, 3.05) is 33.0 Å². The number of carbonyl (C=O) groups is 1. The molecule has 0 aliphatic carbocycles. The third kappa shape index (κ3) is 10.2. The average molecular weight is 338 g/mol. The van der Waals surface area contributed by atoms with Crippen molar-refractivity contribution in [1.82, 2.24) is 0 Å². The van der Waals surface area contributed by atoms with E-state index in [4.69, 9.17) is 19.3 Å². The van der Waals surface area contributed by atoms with Crippen LogP contribution in [0.5, 0.6) is 5.75 Å². The molecule has 0 saturated carbocycles. The van der Waals surface area contributed by atoms with E-state index in [1.807, 2.05) is 0 Å². The number of unbranched alkanes of at least 4 members (excludes halogenated alkanes) is 5. The van der Waals surface area contributed by atoms with Crippen molar-refractivity contribution in [3.63, 3.8) is 0 Å². The summed E-state index contributed by atoms with van der Waals surface area (Å²) >= 11 is 0. The number of phenolic OH excluding ortho intramolecular Hbond substituents is 1. The standard InChI is InChI=1S/C19H30O5/c1-2-3-4-5-6-7-12-22-13-14-23-15-16-24-19(21)17-8-10-18(20)11-9-17/h8-11,20H,2-7,12-16H2,1H3. The Morgan fingerprint density at radius 3 is 2.12 bits per heavy atom. The summed E-state index contributed by atoms with van der Waals surface area (Å²) in [7, 11) is 0. The third-order valence-electron chi connectivity index (χ3n) is 3.58. The molecule has 0 amide bonds. The SMILES string of the molecule is CCCCCCCCOCCOCCOC(=O)c1ccc(O)cc1. The first-order chi connectivity index (χ1) is 11.7. The lowest BCUT2D eigenvalue weighted by Gasteiger charge is -2.07. The van der Waals surface area contributed by atoms with Crippen LogP contribution in [0.25, 0.3) is 0 Å². The number of phenols is 1. The van der Waals surface area contributed by atoms with Gasteiger partial charge in [-0.2, -0.15) is 0 Å². The largest absolute Gasteiger partial charge is 0.508 e. The second-order valence-corrected chi connectivity index (χ2v) is 5.68. The molecular weight excluding hydrogens is 308 g/mol. The van der Waals surface area contributed by atoms with Gasteiger partial charge in [-0.05, 0) is 30.7 Å². The maximum atomic E-state index is 11.7. The van der Waals surface area contributed by atoms with Crippen LogP contribution in [-0.4, -0.2) is 44.1 Å². The van der Waals surface area contributed by atoms with E-state index in [0.717, 1.165) is 13.0 Å². The van der Waals surface area contributed by atoms with Crippen LogP contribution in [0.15, 0.2) is 24.3 Å². The minimum absolute atomic E-state index is 0.121. The van der Waals surface area contributed by atoms with Crippen LogP contribution in [0.4, 0.5) is 0 Å². The fourth-order valence-electron chi connectivity index (χ4n) is 2.18. The zero-order valence-electron chi connectivity index (χ0n) is 14.7. The average Bonchev–Trinajstić information content (AvgIpc) is 2.59. The number of benzene rings is 1. The molecule has 1 aromatic rings. The van der Waals surface area contributed by atoms with Gasteiger partial charge in [0, 0.05) is 6.61 Å². The van der Waals surface area contributed by atoms with Gasteiger partial charge >= 0.3 is 5.97 Å². The summed E-state index contributed by atoms with van der Waals surface area (Å²) in [5, 5.41) is 9.15. The molecule has 5 heteroatoms. The van der Waals surface area contributed by atoms with Gasteiger partial charge in [0.05, 0.1) is 25.4 Å². The van der Waals surface area contributed by atoms with Crippen molar-refractivity contribution >= 4 is 5.97 Å². The highest BCUT2D eigenvalue weighted by Gasteiger charge is 2.06. The monoisotopic (exact) mass is 338 g/mol. The fourth-order valence-corrected chi connectivity index (χ4v) is 2.18. The summed E-state index contributed by atoms with van der Waals surface area (Å²) in [6.07, 6.45) is 7.55. The van der Waals surface area contributed by atoms with Gasteiger partial charge < -0.3 is 19.3 Å². The minimum atomic E-state index is -0.419. The van der Waals surface area contributed by atoms with E-state index in [-0.39, 0.29) is 12.4 Å². The quantitative estimate of drug-likeness (QED) is 0.411. The van der Waals surface area contributed by atoms with Gasteiger partial charge in [0.15, 0.2) is 0 Å². The molecule has 0 saturated heterocycles. The molecule has 0 radical (unpaired) electrons. The first kappa shape index (κ1) is 20.5. The van der Waals surface area contributed by atoms with Gasteiger partial charge in [0.25, 0.3) is 0 Å². The van der Waals surface area contributed by atoms with E-state index in [2.05, 4.69) is 6.92 Å². The molecule has 0 fully saturated rings. The van der Waals surface area contributed by atoms with Crippen LogP contribution >= 0.6 is 0 Å². The molecule has 0 unspecified atom stereocenters. The van der Waals surface area contributed by atoms with Crippen molar-refractivity contribution in [2.45, 2.75) is 45.4 Å². The van der Waals surface area contributed by atoms with Gasteiger partial charge in [0.1, 0.15) is 12.4 Å². The smallest absolute Gasteiger partial charge is 0.338 e. The Hall–Kier alpha value is -1.59. The number of esters is 1. The Bertz CT molecular complexity index is 430. The van der Waals surface area contributed by atoms with E-state index in [1.165, 1.54) is 56.4 Å². The Morgan fingerprint density at radius 2 is 1.42 bits per heavy atom. The highest BCUT2D eigenvalue weighted by Crippen LogP contribution is 2.10. The highest BCUT2D eigenvalue weighted by atomic mass is 16.6. The molecule has 0 spiro atoms. The number of aromatic hydroxyl groups is 1. The Labute approximate surface area is 144 Å². The van der Waals surface area contributed by atoms with Crippen molar-refractivity contribution < 1.29 is 24.1 Å². The van der Waals surface area contributed by atoms with Crippen LogP contribution in [-0.2, 0) is 14.2 Å². The molecule has 1 rings (SSSR count). The molecule has 0 bridgehead atoms. The van der Waals surface area contributed by atoms with Crippen molar-refractivity contribution in [2.24, 2.45) is 0 Å². The normalized spacial score (nSPS) is 10.7. The van der Waals surface area contributed by atoms with E-state index in [0.29, 0.717) is 25.4 Å². The van der Waals surface area contributed by atoms with Gasteiger partial charge in [-0.1, -0.05) is 39.0 Å². The summed E-state index contributed by atoms with van der Waals surface area (Å²) in [4.78, 5) is 11.7. The molecular formula is C19H30O5. The predicted octanol–water partition coefficient (Wildman–Crippen LogP) is 3.94.